The second-order valence-corrected chi connectivity index (χ2v) is 25.5. The molecule has 83 heavy (non-hydrogen) atoms. The quantitative estimate of drug-likeness (QED) is 0.275. The lowest BCUT2D eigenvalue weighted by atomic mass is 9.95. The van der Waals surface area contributed by atoms with Gasteiger partial charge in [0.15, 0.2) is 64.6 Å². The van der Waals surface area contributed by atoms with Crippen molar-refractivity contribution in [2.24, 2.45) is 0 Å². The van der Waals surface area contributed by atoms with Crippen LogP contribution in [0.5, 0.6) is 23.0 Å². The number of fused-ring (bicyclic) bond motifs is 2. The van der Waals surface area contributed by atoms with Crippen molar-refractivity contribution >= 4 is 79.4 Å². The number of methoxy groups -OCH3 is 1. The van der Waals surface area contributed by atoms with Crippen LogP contribution in [-0.2, 0) is 57.4 Å². The van der Waals surface area contributed by atoms with Crippen molar-refractivity contribution in [2.75, 3.05) is 47.1 Å². The van der Waals surface area contributed by atoms with Gasteiger partial charge in [-0.15, -0.1) is 0 Å². The van der Waals surface area contributed by atoms with Crippen LogP contribution in [0, 0.1) is 0 Å². The first kappa shape index (κ1) is 51.4. The standard InChI is InChI=1S/C43H46N16O21S3/c1-40-42(3)56-16-48-30-28-44(32(48)60)14-46-29-31-50(34(46)62)18-58-38(66)54-12-22-23(27(80-83(74,75)76)9-8-26(22)79-82(71,72)73)13-55-39(67)59(43(58,4)41(54,55)2)19-51(31)35(63)47(29)15-45(28)33(61)49(30)17-57(42)37(65)53(40)11-21-20(10-52(40)36(56)64)24(77-5)6-7-25(21)78-81(68,69)70/h6-9,28-31H,10-19H2,1-5H3,(H,68,69,70)(H,71,72,73)(H,74,75,76)/t28-,29+,30+,31-,40+,41-,42-,43+/m1/s1. The molecule has 442 valence electrons. The second-order valence-electron chi connectivity index (χ2n) is 22.4. The van der Waals surface area contributed by atoms with Crippen molar-refractivity contribution in [3.8, 4) is 23.0 Å². The van der Waals surface area contributed by atoms with E-state index in [1.165, 1.54) is 102 Å². The molecular weight excluding hydrogens is 1170 g/mol. The summed E-state index contributed by atoms with van der Waals surface area (Å²) >= 11 is 0. The molecule has 11 saturated heterocycles. The summed E-state index contributed by atoms with van der Waals surface area (Å²) < 4.78 is 122. The Labute approximate surface area is 468 Å². The third-order valence-electron chi connectivity index (χ3n) is 19.4. The van der Waals surface area contributed by atoms with E-state index >= 15 is 38.4 Å². The highest BCUT2D eigenvalue weighted by molar-refractivity contribution is 7.81. The molecule has 15 rings (SSSR count). The minimum Gasteiger partial charge on any atom is -0.496 e. The summed E-state index contributed by atoms with van der Waals surface area (Å²) in [6, 6.07) is -1.96. The highest BCUT2D eigenvalue weighted by atomic mass is 32.3. The van der Waals surface area contributed by atoms with Gasteiger partial charge >= 0.3 is 79.4 Å². The number of benzene rings is 2. The third-order valence-corrected chi connectivity index (χ3v) is 20.6. The van der Waals surface area contributed by atoms with Gasteiger partial charge in [-0.2, -0.15) is 25.3 Å². The van der Waals surface area contributed by atoms with E-state index in [2.05, 4.69) is 0 Å². The monoisotopic (exact) mass is 1220 g/mol. The molecule has 0 saturated carbocycles. The van der Waals surface area contributed by atoms with E-state index in [9.17, 15) is 38.9 Å². The SMILES string of the molecule is COc1ccc(OS(=O)(=O)O)c2c1CN1C(=O)N3CN4C(=O)N5CN6C(=O)N7CN8C(=O)N9Cc%10c(OS(=O)(=O)O)ccc(OS(=O)(=O)O)c%10CN%10C(=O)N(CN%11C(=O)N(CN%12C(=O)N(CN%13C(=O)N(C2)[C@@]1(C)[C@]3%13C)[C@H]4[C@H]5%12)[C@H]6[C@H]7%11)[C@@]8(C)[C@]9%10C. The van der Waals surface area contributed by atoms with E-state index in [0.717, 1.165) is 21.9 Å². The Kier molecular flexibility index (Phi) is 9.41. The second kappa shape index (κ2) is 15.2. The van der Waals surface area contributed by atoms with Gasteiger partial charge in [0, 0.05) is 22.3 Å². The Morgan fingerprint density at radius 3 is 0.783 bits per heavy atom. The number of urea groups is 8. The fourth-order valence-corrected chi connectivity index (χ4v) is 16.5. The lowest BCUT2D eigenvalue weighted by molar-refractivity contribution is -0.0871. The summed E-state index contributed by atoms with van der Waals surface area (Å²) in [5, 5.41) is 0. The van der Waals surface area contributed by atoms with Gasteiger partial charge in [-0.05, 0) is 52.0 Å². The van der Waals surface area contributed by atoms with Gasteiger partial charge in [0.1, 0.15) is 45.8 Å². The molecule has 8 atom stereocenters. The van der Waals surface area contributed by atoms with Crippen molar-refractivity contribution in [3.63, 3.8) is 0 Å². The molecule has 13 heterocycles. The van der Waals surface area contributed by atoms with E-state index in [4.69, 9.17) is 17.3 Å². The molecule has 0 bridgehead atoms. The van der Waals surface area contributed by atoms with Crippen molar-refractivity contribution in [1.82, 2.24) is 78.4 Å². The zero-order valence-electron chi connectivity index (χ0n) is 43.8. The number of hydrogen-bond donors (Lipinski definition) is 3. The Balaban J connectivity index is 0.795. The van der Waals surface area contributed by atoms with Gasteiger partial charge in [0.05, 0.1) is 33.3 Å². The summed E-state index contributed by atoms with van der Waals surface area (Å²) in [6.45, 7) is 0.535. The lowest BCUT2D eigenvalue weighted by Gasteiger charge is -2.49. The fraction of sp³-hybridized carbons (Fsp3) is 0.535. The van der Waals surface area contributed by atoms with Gasteiger partial charge in [0.2, 0.25) is 0 Å². The minimum atomic E-state index is -5.29. The molecule has 0 aromatic heterocycles. The van der Waals surface area contributed by atoms with Gasteiger partial charge in [0.25, 0.3) is 0 Å². The number of carbonyl (C=O) groups excluding carboxylic acids is 8. The highest BCUT2D eigenvalue weighted by Gasteiger charge is 2.80. The minimum absolute atomic E-state index is 0.0837. The van der Waals surface area contributed by atoms with E-state index < -0.39 is 198 Å². The van der Waals surface area contributed by atoms with Crippen molar-refractivity contribution in [2.45, 2.75) is 101 Å². The van der Waals surface area contributed by atoms with Crippen molar-refractivity contribution < 1.29 is 94.6 Å². The molecule has 0 spiro atoms. The topological polar surface area (TPSA) is 388 Å². The maximum Gasteiger partial charge on any atom is 0.446 e. The molecule has 0 aliphatic carbocycles. The molecule has 37 nitrogen and oxygen atoms in total. The summed E-state index contributed by atoms with van der Waals surface area (Å²) in [6.07, 6.45) is -5.25. The maximum absolute atomic E-state index is 15.4. The van der Waals surface area contributed by atoms with Crippen LogP contribution in [-0.4, -0.2) is 260 Å². The van der Waals surface area contributed by atoms with Gasteiger partial charge in [-0.3, -0.25) is 92.1 Å². The highest BCUT2D eigenvalue weighted by Crippen LogP contribution is 2.59. The Morgan fingerprint density at radius 1 is 0.349 bits per heavy atom. The average molecular weight is 1220 g/mol. The molecule has 0 radical (unpaired) electrons. The van der Waals surface area contributed by atoms with Gasteiger partial charge < -0.3 is 17.3 Å². The number of hydrogen-bond acceptors (Lipinski definition) is 18. The van der Waals surface area contributed by atoms with Crippen LogP contribution in [0.15, 0.2) is 24.3 Å². The molecule has 13 aliphatic rings. The maximum atomic E-state index is 15.4. The zero-order valence-corrected chi connectivity index (χ0v) is 46.2. The first-order valence-electron chi connectivity index (χ1n) is 25.3. The Hall–Kier alpha value is -8.47. The Morgan fingerprint density at radius 2 is 0.554 bits per heavy atom. The van der Waals surface area contributed by atoms with Crippen LogP contribution in [0.1, 0.15) is 49.9 Å². The number of ether oxygens (including phenoxy) is 1. The van der Waals surface area contributed by atoms with E-state index in [1.807, 2.05) is 0 Å². The van der Waals surface area contributed by atoms with Crippen LogP contribution in [0.2, 0.25) is 0 Å². The van der Waals surface area contributed by atoms with E-state index in [0.29, 0.717) is 0 Å². The number of rotatable bonds is 7. The number of carbonyl (C=O) groups is 8. The van der Waals surface area contributed by atoms with Crippen LogP contribution in [0.3, 0.4) is 0 Å². The molecular formula is C43H46N16O21S3. The van der Waals surface area contributed by atoms with Crippen LogP contribution < -0.4 is 17.3 Å². The van der Waals surface area contributed by atoms with Gasteiger partial charge in [-0.1, -0.05) is 0 Å². The summed E-state index contributed by atoms with van der Waals surface area (Å²) in [4.78, 5) is 142. The molecule has 40 heteroatoms. The van der Waals surface area contributed by atoms with E-state index in [-0.39, 0.29) is 40.3 Å². The summed E-state index contributed by atoms with van der Waals surface area (Å²) in [5.41, 5.74) is -7.27. The number of nitrogens with zero attached hydrogens (tertiary/aromatic N) is 16. The molecule has 2 aromatic carbocycles. The molecule has 3 N–H and O–H groups in total. The first-order valence-corrected chi connectivity index (χ1v) is 29.4. The fourth-order valence-electron chi connectivity index (χ4n) is 15.4. The average Bonchev–Trinajstić information content (AvgIpc) is 1.51. The van der Waals surface area contributed by atoms with Crippen molar-refractivity contribution in [1.29, 1.82) is 0 Å². The van der Waals surface area contributed by atoms with Crippen LogP contribution in [0.4, 0.5) is 38.4 Å². The van der Waals surface area contributed by atoms with Crippen LogP contribution >= 0.6 is 0 Å². The molecule has 11 fully saturated rings. The number of amides is 16. The predicted octanol–water partition coefficient (Wildman–Crippen LogP) is -1.18. The predicted molar refractivity (Wildman–Crippen MR) is 261 cm³/mol. The third kappa shape index (κ3) is 5.90. The largest absolute Gasteiger partial charge is 0.496 e. The zero-order chi connectivity index (χ0) is 59.0. The van der Waals surface area contributed by atoms with Gasteiger partial charge in [-0.25, -0.2) is 38.4 Å². The molecule has 13 aliphatic heterocycles. The van der Waals surface area contributed by atoms with E-state index in [1.54, 1.807) is 13.8 Å². The molecule has 0 unspecified atom stereocenters. The summed E-state index contributed by atoms with van der Waals surface area (Å²) in [5.74, 6) is -1.38. The Bertz CT molecular complexity index is 3900. The van der Waals surface area contributed by atoms with Crippen molar-refractivity contribution in [3.05, 3.63) is 46.5 Å². The normalized spacial score (nSPS) is 32.6. The molecule has 2 aromatic rings. The lowest BCUT2D eigenvalue weighted by Crippen LogP contribution is -2.69. The first-order chi connectivity index (χ1) is 38.8. The summed E-state index contributed by atoms with van der Waals surface area (Å²) in [7, 11) is -14.3. The van der Waals surface area contributed by atoms with Crippen LogP contribution in [0.25, 0.3) is 0 Å². The smallest absolute Gasteiger partial charge is 0.446 e. The molecule has 16 amide bonds.